The number of rotatable bonds is 1. The maximum atomic E-state index is 11.5. The molecule has 0 amide bonds. The van der Waals surface area contributed by atoms with Crippen LogP contribution >= 0.6 is 11.6 Å². The predicted octanol–water partition coefficient (Wildman–Crippen LogP) is 1.59. The summed E-state index contributed by atoms with van der Waals surface area (Å²) in [5, 5.41) is 0.140. The van der Waals surface area contributed by atoms with Gasteiger partial charge >= 0.3 is 0 Å². The van der Waals surface area contributed by atoms with Crippen LogP contribution in [0.25, 0.3) is 5.82 Å². The van der Waals surface area contributed by atoms with E-state index in [2.05, 4.69) is 9.97 Å². The summed E-state index contributed by atoms with van der Waals surface area (Å²) in [6.45, 7) is 1.80. The van der Waals surface area contributed by atoms with Gasteiger partial charge in [0.15, 0.2) is 0 Å². The first kappa shape index (κ1) is 9.86. The van der Waals surface area contributed by atoms with Gasteiger partial charge < -0.3 is 0 Å². The second kappa shape index (κ2) is 3.82. The van der Waals surface area contributed by atoms with Crippen molar-refractivity contribution in [3.05, 3.63) is 51.8 Å². The van der Waals surface area contributed by atoms with Crippen LogP contribution in [0.5, 0.6) is 0 Å². The lowest BCUT2D eigenvalue weighted by Gasteiger charge is -2.04. The van der Waals surface area contributed by atoms with Crippen LogP contribution in [0.1, 0.15) is 5.69 Å². The molecule has 0 bridgehead atoms. The molecule has 76 valence electrons. The van der Waals surface area contributed by atoms with Crippen molar-refractivity contribution in [2.75, 3.05) is 0 Å². The highest BCUT2D eigenvalue weighted by Gasteiger charge is 2.02. The van der Waals surface area contributed by atoms with E-state index in [0.29, 0.717) is 5.82 Å². The summed E-state index contributed by atoms with van der Waals surface area (Å²) in [4.78, 5) is 19.4. The molecular weight excluding hydrogens is 214 g/mol. The van der Waals surface area contributed by atoms with Crippen molar-refractivity contribution in [2.24, 2.45) is 0 Å². The normalized spacial score (nSPS) is 10.3. The number of pyridine rings is 1. The van der Waals surface area contributed by atoms with Gasteiger partial charge in [0.1, 0.15) is 5.82 Å². The van der Waals surface area contributed by atoms with Gasteiger partial charge in [-0.3, -0.25) is 9.36 Å². The van der Waals surface area contributed by atoms with Crippen molar-refractivity contribution in [3.63, 3.8) is 0 Å². The van der Waals surface area contributed by atoms with Crippen LogP contribution in [0.15, 0.2) is 35.3 Å². The largest absolute Gasteiger partial charge is 0.269 e. The van der Waals surface area contributed by atoms with E-state index in [1.807, 2.05) is 0 Å². The SMILES string of the molecule is Cc1cc(-n2ccccc2=O)nc(Cl)n1. The fraction of sp³-hybridized carbons (Fsp3) is 0.100. The molecule has 2 aromatic rings. The Hall–Kier alpha value is -1.68. The van der Waals surface area contributed by atoms with Gasteiger partial charge in [0.25, 0.3) is 5.56 Å². The Morgan fingerprint density at radius 1 is 1.33 bits per heavy atom. The van der Waals surface area contributed by atoms with Crippen LogP contribution in [0.2, 0.25) is 5.28 Å². The molecule has 0 aliphatic heterocycles. The van der Waals surface area contributed by atoms with E-state index in [0.717, 1.165) is 5.69 Å². The Kier molecular flexibility index (Phi) is 2.51. The van der Waals surface area contributed by atoms with Gasteiger partial charge in [-0.15, -0.1) is 0 Å². The molecule has 15 heavy (non-hydrogen) atoms. The molecule has 0 aliphatic carbocycles. The topological polar surface area (TPSA) is 47.8 Å². The minimum absolute atomic E-state index is 0.140. The third-order valence-electron chi connectivity index (χ3n) is 1.88. The highest BCUT2D eigenvalue weighted by atomic mass is 35.5. The van der Waals surface area contributed by atoms with Gasteiger partial charge in [-0.05, 0) is 24.6 Å². The van der Waals surface area contributed by atoms with Crippen molar-refractivity contribution in [1.82, 2.24) is 14.5 Å². The number of aromatic nitrogens is 3. The van der Waals surface area contributed by atoms with E-state index in [1.165, 1.54) is 10.6 Å². The lowest BCUT2D eigenvalue weighted by Crippen LogP contribution is -2.17. The summed E-state index contributed by atoms with van der Waals surface area (Å²) in [5.74, 6) is 0.484. The second-order valence-corrected chi connectivity index (χ2v) is 3.38. The molecule has 0 fully saturated rings. The van der Waals surface area contributed by atoms with Gasteiger partial charge in [0.05, 0.1) is 0 Å². The maximum absolute atomic E-state index is 11.5. The van der Waals surface area contributed by atoms with Crippen LogP contribution in [-0.4, -0.2) is 14.5 Å². The fourth-order valence-electron chi connectivity index (χ4n) is 1.26. The molecule has 0 N–H and O–H groups in total. The van der Waals surface area contributed by atoms with Gasteiger partial charge in [-0.25, -0.2) is 4.98 Å². The van der Waals surface area contributed by atoms with E-state index in [9.17, 15) is 4.79 Å². The molecule has 2 rings (SSSR count). The minimum atomic E-state index is -0.147. The van der Waals surface area contributed by atoms with Gasteiger partial charge in [-0.1, -0.05) is 6.07 Å². The Bertz CT molecular complexity index is 530. The van der Waals surface area contributed by atoms with Crippen molar-refractivity contribution >= 4 is 11.6 Å². The third-order valence-corrected chi connectivity index (χ3v) is 2.05. The van der Waals surface area contributed by atoms with E-state index in [1.54, 1.807) is 31.3 Å². The summed E-state index contributed by atoms with van der Waals surface area (Å²) in [7, 11) is 0. The Morgan fingerprint density at radius 3 is 2.80 bits per heavy atom. The minimum Gasteiger partial charge on any atom is -0.269 e. The van der Waals surface area contributed by atoms with Gasteiger partial charge in [-0.2, -0.15) is 4.98 Å². The summed E-state index contributed by atoms with van der Waals surface area (Å²) in [5.41, 5.74) is 0.576. The van der Waals surface area contributed by atoms with Crippen LogP contribution in [-0.2, 0) is 0 Å². The molecule has 0 atom stereocenters. The summed E-state index contributed by atoms with van der Waals surface area (Å²) < 4.78 is 1.42. The molecule has 0 saturated carbocycles. The molecule has 2 aromatic heterocycles. The number of hydrogen-bond acceptors (Lipinski definition) is 3. The number of nitrogens with zero attached hydrogens (tertiary/aromatic N) is 3. The van der Waals surface area contributed by atoms with Gasteiger partial charge in [0, 0.05) is 24.0 Å². The highest BCUT2D eigenvalue weighted by molar-refractivity contribution is 6.28. The summed E-state index contributed by atoms with van der Waals surface area (Å²) in [6, 6.07) is 6.60. The molecule has 0 aromatic carbocycles. The number of hydrogen-bond donors (Lipinski definition) is 0. The molecule has 0 unspecified atom stereocenters. The first-order chi connectivity index (χ1) is 7.16. The molecule has 0 spiro atoms. The first-order valence-corrected chi connectivity index (χ1v) is 4.74. The Labute approximate surface area is 91.2 Å². The molecule has 0 saturated heterocycles. The molecule has 0 radical (unpaired) electrons. The Balaban J connectivity index is 2.64. The fourth-order valence-corrected chi connectivity index (χ4v) is 1.48. The lowest BCUT2D eigenvalue weighted by molar-refractivity contribution is 0.917. The van der Waals surface area contributed by atoms with Crippen LogP contribution < -0.4 is 5.56 Å². The number of halogens is 1. The molecule has 0 aliphatic rings. The van der Waals surface area contributed by atoms with Crippen LogP contribution in [0.3, 0.4) is 0 Å². The molecule has 5 heteroatoms. The number of aryl methyl sites for hydroxylation is 1. The monoisotopic (exact) mass is 221 g/mol. The van der Waals surface area contributed by atoms with Crippen molar-refractivity contribution in [1.29, 1.82) is 0 Å². The summed E-state index contributed by atoms with van der Waals surface area (Å²) >= 11 is 5.71. The van der Waals surface area contributed by atoms with E-state index in [-0.39, 0.29) is 10.8 Å². The standard InChI is InChI=1S/C10H8ClN3O/c1-7-6-8(13-10(11)12-7)14-5-3-2-4-9(14)15/h2-6H,1H3. The summed E-state index contributed by atoms with van der Waals surface area (Å²) in [6.07, 6.45) is 1.64. The predicted molar refractivity (Wildman–Crippen MR) is 57.4 cm³/mol. The second-order valence-electron chi connectivity index (χ2n) is 3.05. The maximum Gasteiger partial charge on any atom is 0.256 e. The lowest BCUT2D eigenvalue weighted by atomic mass is 10.4. The van der Waals surface area contributed by atoms with Crippen molar-refractivity contribution in [2.45, 2.75) is 6.92 Å². The third kappa shape index (κ3) is 2.05. The average Bonchev–Trinajstić information content (AvgIpc) is 2.16. The van der Waals surface area contributed by atoms with Crippen molar-refractivity contribution in [3.8, 4) is 5.82 Å². The zero-order chi connectivity index (χ0) is 10.8. The highest BCUT2D eigenvalue weighted by Crippen LogP contribution is 2.07. The molecular formula is C10H8ClN3O. The Morgan fingerprint density at radius 2 is 2.13 bits per heavy atom. The van der Waals surface area contributed by atoms with E-state index < -0.39 is 0 Å². The zero-order valence-electron chi connectivity index (χ0n) is 8.01. The molecule has 4 nitrogen and oxygen atoms in total. The zero-order valence-corrected chi connectivity index (χ0v) is 8.77. The van der Waals surface area contributed by atoms with Crippen LogP contribution in [0.4, 0.5) is 0 Å². The van der Waals surface area contributed by atoms with Crippen LogP contribution in [0, 0.1) is 6.92 Å². The van der Waals surface area contributed by atoms with E-state index in [4.69, 9.17) is 11.6 Å². The van der Waals surface area contributed by atoms with Gasteiger partial charge in [0.2, 0.25) is 5.28 Å². The quantitative estimate of drug-likeness (QED) is 0.687. The van der Waals surface area contributed by atoms with E-state index >= 15 is 0 Å². The average molecular weight is 222 g/mol. The first-order valence-electron chi connectivity index (χ1n) is 4.36. The smallest absolute Gasteiger partial charge is 0.256 e. The van der Waals surface area contributed by atoms with Crippen molar-refractivity contribution < 1.29 is 0 Å². The molecule has 2 heterocycles.